The van der Waals surface area contributed by atoms with Crippen molar-refractivity contribution in [2.75, 3.05) is 5.32 Å². The zero-order valence-corrected chi connectivity index (χ0v) is 17.0. The van der Waals surface area contributed by atoms with Crippen LogP contribution in [-0.2, 0) is 23.1 Å². The van der Waals surface area contributed by atoms with Crippen molar-refractivity contribution in [2.45, 2.75) is 49.7 Å². The molecule has 0 bridgehead atoms. The van der Waals surface area contributed by atoms with E-state index in [4.69, 9.17) is 5.73 Å². The molecule has 27 heavy (non-hydrogen) atoms. The molecular formula is C21H27ClN2O2S. The highest BCUT2D eigenvalue weighted by molar-refractivity contribution is 7.84. The molecule has 3 rings (SSSR count). The van der Waals surface area contributed by atoms with Crippen LogP contribution in [0.3, 0.4) is 0 Å². The van der Waals surface area contributed by atoms with Gasteiger partial charge in [-0.1, -0.05) is 43.5 Å². The van der Waals surface area contributed by atoms with E-state index in [0.717, 1.165) is 29.7 Å². The quantitative estimate of drug-likeness (QED) is 0.746. The van der Waals surface area contributed by atoms with Crippen LogP contribution in [-0.4, -0.2) is 15.4 Å². The number of rotatable bonds is 6. The third-order valence-electron chi connectivity index (χ3n) is 4.87. The Morgan fingerprint density at radius 2 is 1.74 bits per heavy atom. The van der Waals surface area contributed by atoms with Crippen molar-refractivity contribution in [3.63, 3.8) is 0 Å². The molecular weight excluding hydrogens is 380 g/mol. The lowest BCUT2D eigenvalue weighted by atomic mass is 10.0. The van der Waals surface area contributed by atoms with Gasteiger partial charge >= 0.3 is 0 Å². The van der Waals surface area contributed by atoms with Crippen LogP contribution in [0.2, 0.25) is 0 Å². The molecule has 146 valence electrons. The van der Waals surface area contributed by atoms with Crippen LogP contribution in [0, 0.1) is 0 Å². The summed E-state index contributed by atoms with van der Waals surface area (Å²) in [5.41, 5.74) is 8.91. The summed E-state index contributed by atoms with van der Waals surface area (Å²) in [6.45, 7) is 0.460. The van der Waals surface area contributed by atoms with Gasteiger partial charge in [0.1, 0.15) is 0 Å². The maximum absolute atomic E-state index is 12.6. The van der Waals surface area contributed by atoms with E-state index in [2.05, 4.69) is 5.32 Å². The fourth-order valence-corrected chi connectivity index (χ4v) is 4.95. The highest BCUT2D eigenvalue weighted by Gasteiger charge is 2.20. The molecule has 2 aromatic rings. The number of amides is 1. The largest absolute Gasteiger partial charge is 0.326 e. The average molecular weight is 407 g/mol. The summed E-state index contributed by atoms with van der Waals surface area (Å²) >= 11 is 0. The highest BCUT2D eigenvalue weighted by Crippen LogP contribution is 2.24. The molecule has 1 atom stereocenters. The van der Waals surface area contributed by atoms with Crippen LogP contribution in [0.4, 0.5) is 5.69 Å². The Bertz CT molecular complexity index is 774. The molecule has 0 aliphatic heterocycles. The predicted octanol–water partition coefficient (Wildman–Crippen LogP) is 4.40. The molecule has 3 N–H and O–H groups in total. The molecule has 1 amide bonds. The van der Waals surface area contributed by atoms with E-state index >= 15 is 0 Å². The average Bonchev–Trinajstić information content (AvgIpc) is 2.69. The molecule has 0 radical (unpaired) electrons. The summed E-state index contributed by atoms with van der Waals surface area (Å²) in [4.78, 5) is 12.4. The summed E-state index contributed by atoms with van der Waals surface area (Å²) in [6, 6.07) is 14.9. The lowest BCUT2D eigenvalue weighted by Gasteiger charge is -2.21. The van der Waals surface area contributed by atoms with Gasteiger partial charge in [0.15, 0.2) is 0 Å². The van der Waals surface area contributed by atoms with Crippen molar-refractivity contribution >= 4 is 34.8 Å². The number of hydrogen-bond acceptors (Lipinski definition) is 3. The van der Waals surface area contributed by atoms with E-state index in [1.807, 2.05) is 36.4 Å². The van der Waals surface area contributed by atoms with Gasteiger partial charge < -0.3 is 11.1 Å². The summed E-state index contributed by atoms with van der Waals surface area (Å²) in [7, 11) is -0.843. The van der Waals surface area contributed by atoms with Gasteiger partial charge in [-0.05, 0) is 48.2 Å². The minimum Gasteiger partial charge on any atom is -0.326 e. The minimum absolute atomic E-state index is 0. The Hall–Kier alpha value is -1.69. The number of anilines is 1. The van der Waals surface area contributed by atoms with Gasteiger partial charge in [-0.2, -0.15) is 0 Å². The van der Waals surface area contributed by atoms with Crippen molar-refractivity contribution in [1.29, 1.82) is 0 Å². The van der Waals surface area contributed by atoms with Crippen molar-refractivity contribution in [3.05, 3.63) is 65.2 Å². The van der Waals surface area contributed by atoms with Crippen molar-refractivity contribution in [2.24, 2.45) is 5.73 Å². The number of carbonyl (C=O) groups is 1. The van der Waals surface area contributed by atoms with E-state index < -0.39 is 10.8 Å². The first-order valence-electron chi connectivity index (χ1n) is 9.22. The van der Waals surface area contributed by atoms with E-state index in [9.17, 15) is 9.00 Å². The Labute approximate surface area is 169 Å². The molecule has 6 heteroatoms. The van der Waals surface area contributed by atoms with Crippen molar-refractivity contribution < 1.29 is 9.00 Å². The first kappa shape index (κ1) is 21.6. The number of halogens is 1. The summed E-state index contributed by atoms with van der Waals surface area (Å²) in [5.74, 6) is 0.402. The number of hydrogen-bond donors (Lipinski definition) is 2. The maximum Gasteiger partial charge on any atom is 0.255 e. The molecule has 4 nitrogen and oxygen atoms in total. The van der Waals surface area contributed by atoms with Gasteiger partial charge in [0.25, 0.3) is 5.91 Å². The standard InChI is InChI=1S/C21H26N2O2S.ClH/c22-14-16-9-11-18(12-10-16)21(24)23-19-6-4-5-17(13-19)15-26(25)20-7-2-1-3-8-20;/h4-6,9-13,20H,1-3,7-8,14-15,22H2,(H,23,24);1H. The fraction of sp³-hybridized carbons (Fsp3) is 0.381. The van der Waals surface area contributed by atoms with E-state index in [1.165, 1.54) is 19.3 Å². The van der Waals surface area contributed by atoms with Crippen LogP contribution < -0.4 is 11.1 Å². The Kier molecular flexibility index (Phi) is 8.48. The maximum atomic E-state index is 12.6. The van der Waals surface area contributed by atoms with Gasteiger partial charge in [-0.25, -0.2) is 0 Å². The van der Waals surface area contributed by atoms with Crippen LogP contribution in [0.5, 0.6) is 0 Å². The molecule has 1 saturated carbocycles. The predicted molar refractivity (Wildman–Crippen MR) is 115 cm³/mol. The summed E-state index contributed by atoms with van der Waals surface area (Å²) < 4.78 is 12.6. The van der Waals surface area contributed by atoms with Gasteiger partial charge in [-0.15, -0.1) is 12.4 Å². The van der Waals surface area contributed by atoms with E-state index in [0.29, 0.717) is 23.1 Å². The third-order valence-corrected chi connectivity index (χ3v) is 6.70. The number of nitrogens with one attached hydrogen (secondary N) is 1. The molecule has 0 aromatic heterocycles. The summed E-state index contributed by atoms with van der Waals surface area (Å²) in [6.07, 6.45) is 5.79. The Morgan fingerprint density at radius 1 is 1.04 bits per heavy atom. The van der Waals surface area contributed by atoms with Crippen LogP contribution in [0.15, 0.2) is 48.5 Å². The molecule has 0 saturated heterocycles. The van der Waals surface area contributed by atoms with Crippen molar-refractivity contribution in [3.8, 4) is 0 Å². The van der Waals surface area contributed by atoms with Crippen molar-refractivity contribution in [1.82, 2.24) is 0 Å². The zero-order valence-electron chi connectivity index (χ0n) is 15.4. The lowest BCUT2D eigenvalue weighted by molar-refractivity contribution is 0.102. The summed E-state index contributed by atoms with van der Waals surface area (Å²) in [5, 5.41) is 3.24. The second kappa shape index (κ2) is 10.6. The van der Waals surface area contributed by atoms with E-state index in [-0.39, 0.29) is 18.3 Å². The van der Waals surface area contributed by atoms with E-state index in [1.54, 1.807) is 12.1 Å². The van der Waals surface area contributed by atoms with Gasteiger partial charge in [0.2, 0.25) is 0 Å². The second-order valence-electron chi connectivity index (χ2n) is 6.84. The second-order valence-corrected chi connectivity index (χ2v) is 8.56. The smallest absolute Gasteiger partial charge is 0.255 e. The molecule has 0 spiro atoms. The van der Waals surface area contributed by atoms with Crippen LogP contribution in [0.1, 0.15) is 53.6 Å². The zero-order chi connectivity index (χ0) is 18.4. The van der Waals surface area contributed by atoms with Crippen LogP contribution in [0.25, 0.3) is 0 Å². The number of benzene rings is 2. The molecule has 1 aliphatic rings. The van der Waals surface area contributed by atoms with Crippen LogP contribution >= 0.6 is 12.4 Å². The first-order valence-corrected chi connectivity index (χ1v) is 10.6. The van der Waals surface area contributed by atoms with Gasteiger partial charge in [0, 0.05) is 39.6 Å². The third kappa shape index (κ3) is 6.16. The minimum atomic E-state index is -0.843. The lowest BCUT2D eigenvalue weighted by Crippen LogP contribution is -2.20. The molecule has 1 fully saturated rings. The topological polar surface area (TPSA) is 72.2 Å². The highest BCUT2D eigenvalue weighted by atomic mass is 35.5. The number of nitrogens with two attached hydrogens (primary N) is 1. The Morgan fingerprint density at radius 3 is 2.41 bits per heavy atom. The molecule has 1 unspecified atom stereocenters. The van der Waals surface area contributed by atoms with Gasteiger partial charge in [0.05, 0.1) is 0 Å². The normalized spacial score (nSPS) is 15.6. The first-order chi connectivity index (χ1) is 12.7. The monoisotopic (exact) mass is 406 g/mol. The Balaban J connectivity index is 0.00000261. The molecule has 0 heterocycles. The van der Waals surface area contributed by atoms with Gasteiger partial charge in [-0.3, -0.25) is 9.00 Å². The SMILES string of the molecule is Cl.NCc1ccc(C(=O)Nc2cccc(CS(=O)C3CCCCC3)c2)cc1. The molecule has 1 aliphatic carbocycles. The number of carbonyl (C=O) groups excluding carboxylic acids is 1. The fourth-order valence-electron chi connectivity index (χ4n) is 3.34. The molecule has 2 aromatic carbocycles.